The fourth-order valence-electron chi connectivity index (χ4n) is 2.81. The minimum atomic E-state index is 0.119. The maximum absolute atomic E-state index is 12.0. The van der Waals surface area contributed by atoms with Crippen LogP contribution in [0, 0.1) is 5.92 Å². The predicted octanol–water partition coefficient (Wildman–Crippen LogP) is 2.59. The third kappa shape index (κ3) is 3.90. The highest BCUT2D eigenvalue weighted by Gasteiger charge is 2.21. The van der Waals surface area contributed by atoms with Crippen LogP contribution in [-0.2, 0) is 11.3 Å². The Hall–Kier alpha value is -2.33. The summed E-state index contributed by atoms with van der Waals surface area (Å²) >= 11 is 0. The molecule has 4 heteroatoms. The monoisotopic (exact) mass is 310 g/mol. The van der Waals surface area contributed by atoms with Crippen molar-refractivity contribution in [1.82, 2.24) is 10.6 Å². The summed E-state index contributed by atoms with van der Waals surface area (Å²) in [4.78, 5) is 12.0. The van der Waals surface area contributed by atoms with Gasteiger partial charge in [-0.2, -0.15) is 0 Å². The first-order valence-electron chi connectivity index (χ1n) is 7.98. The minimum Gasteiger partial charge on any atom is -0.497 e. The summed E-state index contributed by atoms with van der Waals surface area (Å²) in [5, 5.41) is 6.24. The lowest BCUT2D eigenvalue weighted by Crippen LogP contribution is -2.31. The molecule has 1 aliphatic heterocycles. The molecule has 2 N–H and O–H groups in total. The molecule has 0 spiro atoms. The second-order valence-corrected chi connectivity index (χ2v) is 5.83. The van der Waals surface area contributed by atoms with Gasteiger partial charge >= 0.3 is 0 Å². The zero-order chi connectivity index (χ0) is 16.1. The van der Waals surface area contributed by atoms with Crippen molar-refractivity contribution >= 4 is 5.91 Å². The second kappa shape index (κ2) is 7.29. The third-order valence-corrected chi connectivity index (χ3v) is 4.28. The molecule has 3 rings (SSSR count). The number of rotatable bonds is 5. The van der Waals surface area contributed by atoms with E-state index in [9.17, 15) is 4.79 Å². The van der Waals surface area contributed by atoms with Crippen molar-refractivity contribution < 1.29 is 9.53 Å². The highest BCUT2D eigenvalue weighted by atomic mass is 16.5. The van der Waals surface area contributed by atoms with E-state index in [0.29, 0.717) is 6.54 Å². The number of methoxy groups -OCH3 is 1. The maximum Gasteiger partial charge on any atom is 0.224 e. The molecule has 120 valence electrons. The van der Waals surface area contributed by atoms with Gasteiger partial charge in [0, 0.05) is 13.1 Å². The van der Waals surface area contributed by atoms with Crippen molar-refractivity contribution in [2.75, 3.05) is 20.2 Å². The number of hydrogen-bond acceptors (Lipinski definition) is 3. The fraction of sp³-hybridized carbons (Fsp3) is 0.316. The Kier molecular flexibility index (Phi) is 4.93. The molecule has 0 aromatic heterocycles. The van der Waals surface area contributed by atoms with Crippen LogP contribution in [0.5, 0.6) is 5.75 Å². The summed E-state index contributed by atoms with van der Waals surface area (Å²) in [5.41, 5.74) is 3.42. The van der Waals surface area contributed by atoms with E-state index >= 15 is 0 Å². The molecule has 0 aliphatic carbocycles. The standard InChI is InChI=1S/C19H22N2O2/c1-23-18-8-6-16(7-9-18)15-4-2-14(3-5-15)12-21-19(22)17-10-11-20-13-17/h2-9,17,20H,10-13H2,1H3,(H,21,22). The molecule has 4 nitrogen and oxygen atoms in total. The summed E-state index contributed by atoms with van der Waals surface area (Å²) in [6, 6.07) is 16.3. The lowest BCUT2D eigenvalue weighted by molar-refractivity contribution is -0.124. The van der Waals surface area contributed by atoms with Gasteiger partial charge in [0.2, 0.25) is 5.91 Å². The zero-order valence-corrected chi connectivity index (χ0v) is 13.3. The van der Waals surface area contributed by atoms with Crippen LogP contribution < -0.4 is 15.4 Å². The van der Waals surface area contributed by atoms with Crippen molar-refractivity contribution in [2.45, 2.75) is 13.0 Å². The molecule has 0 saturated carbocycles. The van der Waals surface area contributed by atoms with E-state index < -0.39 is 0 Å². The van der Waals surface area contributed by atoms with Gasteiger partial charge in [0.1, 0.15) is 5.75 Å². The summed E-state index contributed by atoms with van der Waals surface area (Å²) < 4.78 is 5.18. The maximum atomic E-state index is 12.0. The van der Waals surface area contributed by atoms with Gasteiger partial charge in [-0.15, -0.1) is 0 Å². The van der Waals surface area contributed by atoms with Gasteiger partial charge in [-0.1, -0.05) is 36.4 Å². The molecule has 1 heterocycles. The van der Waals surface area contributed by atoms with Gasteiger partial charge in [-0.3, -0.25) is 4.79 Å². The predicted molar refractivity (Wildman–Crippen MR) is 91.3 cm³/mol. The van der Waals surface area contributed by atoms with Gasteiger partial charge in [-0.05, 0) is 41.8 Å². The highest BCUT2D eigenvalue weighted by molar-refractivity contribution is 5.79. The minimum absolute atomic E-state index is 0.119. The van der Waals surface area contributed by atoms with E-state index in [-0.39, 0.29) is 11.8 Å². The molecule has 1 fully saturated rings. The highest BCUT2D eigenvalue weighted by Crippen LogP contribution is 2.22. The largest absolute Gasteiger partial charge is 0.497 e. The summed E-state index contributed by atoms with van der Waals surface area (Å²) in [6.45, 7) is 2.31. The number of carbonyl (C=O) groups excluding carboxylic acids is 1. The fourth-order valence-corrected chi connectivity index (χ4v) is 2.81. The van der Waals surface area contributed by atoms with E-state index in [1.807, 2.05) is 24.3 Å². The number of carbonyl (C=O) groups is 1. The van der Waals surface area contributed by atoms with Crippen LogP contribution in [-0.4, -0.2) is 26.1 Å². The topological polar surface area (TPSA) is 50.4 Å². The number of hydrogen-bond donors (Lipinski definition) is 2. The average molecular weight is 310 g/mol. The van der Waals surface area contributed by atoms with E-state index in [1.165, 1.54) is 0 Å². The molecule has 1 aliphatic rings. The SMILES string of the molecule is COc1ccc(-c2ccc(CNC(=O)C3CCNC3)cc2)cc1. The zero-order valence-electron chi connectivity index (χ0n) is 13.3. The first-order valence-corrected chi connectivity index (χ1v) is 7.98. The van der Waals surface area contributed by atoms with E-state index in [0.717, 1.165) is 42.0 Å². The summed E-state index contributed by atoms with van der Waals surface area (Å²) in [6.07, 6.45) is 0.933. The Labute approximate surface area is 136 Å². The van der Waals surface area contributed by atoms with Crippen molar-refractivity contribution in [2.24, 2.45) is 5.92 Å². The van der Waals surface area contributed by atoms with Crippen LogP contribution in [0.2, 0.25) is 0 Å². The molecule has 0 bridgehead atoms. The van der Waals surface area contributed by atoms with Crippen LogP contribution >= 0.6 is 0 Å². The molecular weight excluding hydrogens is 288 g/mol. The van der Waals surface area contributed by atoms with E-state index in [2.05, 4.69) is 34.9 Å². The first-order chi connectivity index (χ1) is 11.3. The molecule has 1 saturated heterocycles. The van der Waals surface area contributed by atoms with Crippen molar-refractivity contribution in [3.05, 3.63) is 54.1 Å². The molecule has 1 atom stereocenters. The number of amides is 1. The van der Waals surface area contributed by atoms with Crippen LogP contribution in [0.15, 0.2) is 48.5 Å². The molecule has 0 radical (unpaired) electrons. The first kappa shape index (κ1) is 15.6. The molecule has 1 unspecified atom stereocenters. The van der Waals surface area contributed by atoms with Gasteiger partial charge < -0.3 is 15.4 Å². The Balaban J connectivity index is 1.59. The van der Waals surface area contributed by atoms with Crippen molar-refractivity contribution in [3.8, 4) is 16.9 Å². The molecule has 1 amide bonds. The Morgan fingerprint density at radius 1 is 1.13 bits per heavy atom. The van der Waals surface area contributed by atoms with Crippen molar-refractivity contribution in [3.63, 3.8) is 0 Å². The Bertz CT molecular complexity index is 644. The van der Waals surface area contributed by atoms with Gasteiger partial charge in [-0.25, -0.2) is 0 Å². The van der Waals surface area contributed by atoms with E-state index in [1.54, 1.807) is 7.11 Å². The van der Waals surface area contributed by atoms with Crippen LogP contribution in [0.25, 0.3) is 11.1 Å². The number of nitrogens with one attached hydrogen (secondary N) is 2. The smallest absolute Gasteiger partial charge is 0.224 e. The van der Waals surface area contributed by atoms with Gasteiger partial charge in [0.25, 0.3) is 0 Å². The summed E-state index contributed by atoms with van der Waals surface area (Å²) in [7, 11) is 1.67. The van der Waals surface area contributed by atoms with Gasteiger partial charge in [0.15, 0.2) is 0 Å². The van der Waals surface area contributed by atoms with Crippen LogP contribution in [0.3, 0.4) is 0 Å². The molecule has 2 aromatic carbocycles. The average Bonchev–Trinajstić information content (AvgIpc) is 3.15. The quantitative estimate of drug-likeness (QED) is 0.892. The Morgan fingerprint density at radius 3 is 2.35 bits per heavy atom. The second-order valence-electron chi connectivity index (χ2n) is 5.83. The van der Waals surface area contributed by atoms with Crippen LogP contribution in [0.1, 0.15) is 12.0 Å². The Morgan fingerprint density at radius 2 is 1.78 bits per heavy atom. The van der Waals surface area contributed by atoms with E-state index in [4.69, 9.17) is 4.74 Å². The third-order valence-electron chi connectivity index (χ3n) is 4.28. The number of benzene rings is 2. The van der Waals surface area contributed by atoms with Crippen LogP contribution in [0.4, 0.5) is 0 Å². The molecular formula is C19H22N2O2. The summed E-state index contributed by atoms with van der Waals surface area (Å²) in [5.74, 6) is 1.12. The molecule has 23 heavy (non-hydrogen) atoms. The lowest BCUT2D eigenvalue weighted by atomic mass is 10.0. The normalized spacial score (nSPS) is 17.0. The number of ether oxygens (including phenoxy) is 1. The lowest BCUT2D eigenvalue weighted by Gasteiger charge is -2.10. The molecule has 2 aromatic rings. The van der Waals surface area contributed by atoms with Gasteiger partial charge in [0.05, 0.1) is 13.0 Å². The van der Waals surface area contributed by atoms with Crippen molar-refractivity contribution in [1.29, 1.82) is 0 Å².